The maximum Gasteiger partial charge on any atom is 0.308 e. The summed E-state index contributed by atoms with van der Waals surface area (Å²) in [5.41, 5.74) is 0.382. The Balaban J connectivity index is 1.77. The number of carbonyl (C=O) groups is 4. The van der Waals surface area contributed by atoms with Crippen molar-refractivity contribution in [3.8, 4) is 0 Å². The van der Waals surface area contributed by atoms with Crippen LogP contribution in [-0.4, -0.2) is 59.9 Å². The first-order chi connectivity index (χ1) is 20.8. The van der Waals surface area contributed by atoms with E-state index in [0.29, 0.717) is 29.3 Å². The molecule has 3 rings (SSSR count). The maximum absolute atomic E-state index is 13.9. The number of amides is 2. The second-order valence-corrected chi connectivity index (χ2v) is 12.9. The summed E-state index contributed by atoms with van der Waals surface area (Å²) in [7, 11) is 3.03. The Morgan fingerprint density at radius 1 is 1.09 bits per heavy atom. The number of nitrogens with one attached hydrogen (secondary N) is 1. The van der Waals surface area contributed by atoms with Gasteiger partial charge in [0.2, 0.25) is 5.91 Å². The SMILES string of the molecule is COC(=O)[C@@H](C)C[C@H](Cc1cc(F)cc(F)c1)NC(=O)c1csc([C@@H](CC(C(C)C)N(C)C(=O)CCC2CC2)OC(C)=O)n1. The van der Waals surface area contributed by atoms with Gasteiger partial charge in [0.15, 0.2) is 6.10 Å². The second-order valence-electron chi connectivity index (χ2n) is 12.0. The molecule has 1 aliphatic rings. The second kappa shape index (κ2) is 16.1. The van der Waals surface area contributed by atoms with Crippen molar-refractivity contribution in [1.82, 2.24) is 15.2 Å². The Morgan fingerprint density at radius 3 is 2.32 bits per heavy atom. The fourth-order valence-electron chi connectivity index (χ4n) is 5.32. The van der Waals surface area contributed by atoms with Crippen molar-refractivity contribution in [3.05, 3.63) is 51.5 Å². The zero-order valence-corrected chi connectivity index (χ0v) is 27.0. The number of ether oxygens (including phenoxy) is 2. The highest BCUT2D eigenvalue weighted by molar-refractivity contribution is 7.09. The summed E-state index contributed by atoms with van der Waals surface area (Å²) in [4.78, 5) is 56.6. The third kappa shape index (κ3) is 10.6. The van der Waals surface area contributed by atoms with E-state index >= 15 is 0 Å². The number of halogens is 2. The van der Waals surface area contributed by atoms with Crippen LogP contribution in [0.25, 0.3) is 0 Å². The Kier molecular flexibility index (Phi) is 12.8. The topological polar surface area (TPSA) is 115 Å². The van der Waals surface area contributed by atoms with Gasteiger partial charge in [-0.05, 0) is 48.8 Å². The fourth-order valence-corrected chi connectivity index (χ4v) is 6.16. The largest absolute Gasteiger partial charge is 0.469 e. The van der Waals surface area contributed by atoms with Crippen molar-refractivity contribution in [2.75, 3.05) is 14.2 Å². The van der Waals surface area contributed by atoms with Gasteiger partial charge in [-0.15, -0.1) is 11.3 Å². The highest BCUT2D eigenvalue weighted by atomic mass is 32.1. The first-order valence-corrected chi connectivity index (χ1v) is 15.9. The van der Waals surface area contributed by atoms with Crippen LogP contribution in [0.2, 0.25) is 0 Å². The molecule has 0 radical (unpaired) electrons. The number of rotatable bonds is 16. The van der Waals surface area contributed by atoms with Gasteiger partial charge in [-0.3, -0.25) is 19.2 Å². The molecule has 2 aromatic rings. The molecule has 1 aliphatic carbocycles. The van der Waals surface area contributed by atoms with Gasteiger partial charge in [-0.25, -0.2) is 13.8 Å². The quantitative estimate of drug-likeness (QED) is 0.238. The van der Waals surface area contributed by atoms with Gasteiger partial charge >= 0.3 is 11.9 Å². The van der Waals surface area contributed by atoms with Crippen LogP contribution in [0.5, 0.6) is 0 Å². The highest BCUT2D eigenvalue weighted by Gasteiger charge is 2.32. The van der Waals surface area contributed by atoms with Crippen molar-refractivity contribution >= 4 is 35.1 Å². The van der Waals surface area contributed by atoms with Crippen LogP contribution >= 0.6 is 11.3 Å². The Hall–Kier alpha value is -3.41. The van der Waals surface area contributed by atoms with Crippen molar-refractivity contribution in [3.63, 3.8) is 0 Å². The third-order valence-corrected chi connectivity index (χ3v) is 8.84. The molecule has 1 fully saturated rings. The lowest BCUT2D eigenvalue weighted by atomic mass is 9.95. The highest BCUT2D eigenvalue weighted by Crippen LogP contribution is 2.34. The maximum atomic E-state index is 13.9. The average Bonchev–Trinajstić information content (AvgIpc) is 3.64. The Morgan fingerprint density at radius 2 is 1.75 bits per heavy atom. The first kappa shape index (κ1) is 35.1. The molecular weight excluding hydrogens is 592 g/mol. The minimum Gasteiger partial charge on any atom is -0.469 e. The van der Waals surface area contributed by atoms with Gasteiger partial charge < -0.3 is 19.7 Å². The van der Waals surface area contributed by atoms with Gasteiger partial charge in [0.25, 0.3) is 5.91 Å². The summed E-state index contributed by atoms with van der Waals surface area (Å²) >= 11 is 1.16. The molecule has 0 saturated heterocycles. The number of thiazole rings is 1. The number of aromatic nitrogens is 1. The van der Waals surface area contributed by atoms with Gasteiger partial charge in [-0.2, -0.15) is 0 Å². The van der Waals surface area contributed by atoms with Crippen molar-refractivity contribution in [1.29, 1.82) is 0 Å². The monoisotopic (exact) mass is 635 g/mol. The number of methoxy groups -OCH3 is 1. The number of esters is 2. The van der Waals surface area contributed by atoms with E-state index in [0.717, 1.165) is 23.8 Å². The molecule has 44 heavy (non-hydrogen) atoms. The van der Waals surface area contributed by atoms with Crippen molar-refractivity contribution < 1.29 is 37.4 Å². The van der Waals surface area contributed by atoms with Gasteiger partial charge in [-0.1, -0.05) is 33.6 Å². The molecule has 1 aromatic heterocycles. The van der Waals surface area contributed by atoms with Crippen LogP contribution in [0.1, 0.15) is 93.4 Å². The van der Waals surface area contributed by atoms with Crippen LogP contribution in [-0.2, 0) is 30.3 Å². The number of benzene rings is 1. The van der Waals surface area contributed by atoms with Crippen LogP contribution < -0.4 is 5.32 Å². The van der Waals surface area contributed by atoms with E-state index in [2.05, 4.69) is 10.3 Å². The van der Waals surface area contributed by atoms with Gasteiger partial charge in [0.05, 0.1) is 13.0 Å². The average molecular weight is 636 g/mol. The first-order valence-electron chi connectivity index (χ1n) is 15.0. The van der Waals surface area contributed by atoms with Crippen LogP contribution in [0.3, 0.4) is 0 Å². The zero-order valence-electron chi connectivity index (χ0n) is 26.2. The predicted molar refractivity (Wildman–Crippen MR) is 162 cm³/mol. The van der Waals surface area contributed by atoms with Crippen molar-refractivity contribution in [2.45, 2.75) is 90.8 Å². The Bertz CT molecular complexity index is 1290. The lowest BCUT2D eigenvalue weighted by Gasteiger charge is -2.33. The molecule has 12 heteroatoms. The molecule has 1 aromatic carbocycles. The molecule has 1 N–H and O–H groups in total. The summed E-state index contributed by atoms with van der Waals surface area (Å²) in [5.74, 6) is -2.90. The lowest BCUT2D eigenvalue weighted by molar-refractivity contribution is -0.148. The molecule has 242 valence electrons. The fraction of sp³-hybridized carbons (Fsp3) is 0.594. The lowest BCUT2D eigenvalue weighted by Crippen LogP contribution is -2.41. The molecule has 0 aliphatic heterocycles. The smallest absolute Gasteiger partial charge is 0.308 e. The van der Waals surface area contributed by atoms with E-state index in [9.17, 15) is 28.0 Å². The summed E-state index contributed by atoms with van der Waals surface area (Å²) in [6.45, 7) is 6.94. The van der Waals surface area contributed by atoms with E-state index in [1.807, 2.05) is 13.8 Å². The summed E-state index contributed by atoms with van der Waals surface area (Å²) in [6, 6.07) is 2.20. The molecule has 4 atom stereocenters. The zero-order chi connectivity index (χ0) is 32.6. The number of nitrogens with zero attached hydrogens (tertiary/aromatic N) is 2. The number of carbonyl (C=O) groups excluding carboxylic acids is 4. The molecule has 9 nitrogen and oxygen atoms in total. The van der Waals surface area contributed by atoms with E-state index in [1.54, 1.807) is 24.3 Å². The number of hydrogen-bond donors (Lipinski definition) is 1. The normalized spacial score (nSPS) is 15.7. The molecule has 0 bridgehead atoms. The third-order valence-electron chi connectivity index (χ3n) is 7.90. The van der Waals surface area contributed by atoms with Crippen LogP contribution in [0.15, 0.2) is 23.6 Å². The van der Waals surface area contributed by atoms with E-state index in [4.69, 9.17) is 9.47 Å². The molecule has 2 amide bonds. The molecular formula is C32H43F2N3O6S. The minimum absolute atomic E-state index is 0.0433. The van der Waals surface area contributed by atoms with E-state index < -0.39 is 47.5 Å². The molecule has 1 saturated carbocycles. The minimum atomic E-state index is -0.782. The van der Waals surface area contributed by atoms with Crippen LogP contribution in [0.4, 0.5) is 8.78 Å². The van der Waals surface area contributed by atoms with Gasteiger partial charge in [0, 0.05) is 50.3 Å². The molecule has 1 unspecified atom stereocenters. The summed E-state index contributed by atoms with van der Waals surface area (Å²) < 4.78 is 38.2. The predicted octanol–water partition coefficient (Wildman–Crippen LogP) is 5.63. The summed E-state index contributed by atoms with van der Waals surface area (Å²) in [6.07, 6.45) is 3.44. The van der Waals surface area contributed by atoms with Crippen LogP contribution in [0, 0.1) is 29.4 Å². The van der Waals surface area contributed by atoms with Crippen molar-refractivity contribution in [2.24, 2.45) is 17.8 Å². The van der Waals surface area contributed by atoms with E-state index in [-0.39, 0.29) is 36.4 Å². The Labute approximate surface area is 261 Å². The molecule has 1 heterocycles. The molecule has 0 spiro atoms. The standard InChI is InChI=1S/C32H43F2N3O6S/c1-18(2)27(37(5)29(39)10-9-21-7-8-21)16-28(43-20(4)38)31-36-26(17-44-31)30(40)35-25(11-19(3)32(41)42-6)14-22-12-23(33)15-24(34)13-22/h12-13,15,17-19,21,25,27-28H,7-11,14,16H2,1-6H3,(H,35,40)/t19-,25+,27?,28+/m0/s1. The van der Waals surface area contributed by atoms with E-state index in [1.165, 1.54) is 39.0 Å². The van der Waals surface area contributed by atoms with Gasteiger partial charge in [0.1, 0.15) is 22.3 Å². The summed E-state index contributed by atoms with van der Waals surface area (Å²) in [5, 5.41) is 4.78. The number of hydrogen-bond acceptors (Lipinski definition) is 8.